The van der Waals surface area contributed by atoms with Crippen molar-refractivity contribution in [3.8, 4) is 18.2 Å². The lowest BCUT2D eigenvalue weighted by Gasteiger charge is -2.07. The number of rotatable bonds is 8. The van der Waals surface area contributed by atoms with Gasteiger partial charge in [0.2, 0.25) is 5.88 Å². The molecule has 0 aromatic carbocycles. The Labute approximate surface area is 159 Å². The predicted molar refractivity (Wildman–Crippen MR) is 92.2 cm³/mol. The largest absolute Gasteiger partial charge is 0.493 e. The number of aromatic nitrogens is 2. The molecule has 2 atom stereocenters. The van der Waals surface area contributed by atoms with Crippen LogP contribution in [0.3, 0.4) is 0 Å². The fourth-order valence-electron chi connectivity index (χ4n) is 2.99. The lowest BCUT2D eigenvalue weighted by molar-refractivity contribution is -0.148. The Morgan fingerprint density at radius 2 is 2.11 bits per heavy atom. The van der Waals surface area contributed by atoms with Gasteiger partial charge in [0.1, 0.15) is 12.3 Å². The number of nitrogens with one attached hydrogen (secondary N) is 1. The van der Waals surface area contributed by atoms with Crippen LogP contribution in [0.4, 0.5) is 8.78 Å². The van der Waals surface area contributed by atoms with Gasteiger partial charge in [-0.25, -0.2) is 18.4 Å². The van der Waals surface area contributed by atoms with Crippen LogP contribution in [-0.2, 0) is 32.2 Å². The van der Waals surface area contributed by atoms with Crippen molar-refractivity contribution < 1.29 is 33.0 Å². The fourth-order valence-corrected chi connectivity index (χ4v) is 2.99. The summed E-state index contributed by atoms with van der Waals surface area (Å²) in [4.78, 5) is 37.6. The van der Waals surface area contributed by atoms with Gasteiger partial charge >= 0.3 is 17.6 Å². The van der Waals surface area contributed by atoms with E-state index in [2.05, 4.69) is 15.6 Å². The Kier molecular flexibility index (Phi) is 6.28. The molecular weight excluding hydrogens is 378 g/mol. The number of halogens is 2. The van der Waals surface area contributed by atoms with E-state index in [0.29, 0.717) is 0 Å². The zero-order chi connectivity index (χ0) is 21.1. The van der Waals surface area contributed by atoms with E-state index in [1.165, 1.54) is 6.08 Å². The Bertz CT molecular complexity index is 878. The number of alkyl halides is 2. The second-order valence-electron chi connectivity index (χ2n) is 6.83. The molecule has 1 heterocycles. The minimum absolute atomic E-state index is 0.0393. The Balaban J connectivity index is 1.97. The van der Waals surface area contributed by atoms with Gasteiger partial charge < -0.3 is 14.6 Å². The molecule has 2 N–H and O–H groups in total. The number of aromatic hydroxyl groups is 1. The van der Waals surface area contributed by atoms with E-state index >= 15 is 0 Å². The summed E-state index contributed by atoms with van der Waals surface area (Å²) in [6.07, 6.45) is 4.84. The number of allylic oxidation sites excluding steroid dienone is 1. The highest BCUT2D eigenvalue weighted by Gasteiger charge is 2.61. The first kappa shape index (κ1) is 21.2. The number of carbonyl (C=O) groups is 2. The number of carbonyl (C=O) groups excluding carboxylic acids is 2. The molecule has 1 aliphatic carbocycles. The second kappa shape index (κ2) is 8.29. The summed E-state index contributed by atoms with van der Waals surface area (Å²) in [6.45, 7) is 2.08. The zero-order valence-corrected chi connectivity index (χ0v) is 15.3. The van der Waals surface area contributed by atoms with Crippen LogP contribution >= 0.6 is 0 Å². The van der Waals surface area contributed by atoms with Gasteiger partial charge in [0.15, 0.2) is 6.61 Å². The van der Waals surface area contributed by atoms with E-state index in [-0.39, 0.29) is 24.8 Å². The lowest BCUT2D eigenvalue weighted by Crippen LogP contribution is -2.20. The first-order valence-corrected chi connectivity index (χ1v) is 8.33. The molecule has 1 aromatic rings. The van der Waals surface area contributed by atoms with Crippen molar-refractivity contribution >= 4 is 11.9 Å². The van der Waals surface area contributed by atoms with Crippen LogP contribution in [0.1, 0.15) is 19.5 Å². The Morgan fingerprint density at radius 1 is 1.43 bits per heavy atom. The van der Waals surface area contributed by atoms with Gasteiger partial charge in [-0.3, -0.25) is 14.3 Å². The van der Waals surface area contributed by atoms with Crippen LogP contribution < -0.4 is 5.69 Å². The number of esters is 2. The Morgan fingerprint density at radius 3 is 2.71 bits per heavy atom. The van der Waals surface area contributed by atoms with Crippen molar-refractivity contribution in [3.05, 3.63) is 28.3 Å². The van der Waals surface area contributed by atoms with Crippen LogP contribution in [0.2, 0.25) is 0 Å². The summed E-state index contributed by atoms with van der Waals surface area (Å²) in [7, 11) is 0. The first-order chi connectivity index (χ1) is 13.1. The number of aromatic amines is 1. The number of hydrogen-bond acceptors (Lipinski definition) is 6. The summed E-state index contributed by atoms with van der Waals surface area (Å²) in [5, 5.41) is 9.74. The molecule has 1 aliphatic rings. The molecule has 152 valence electrons. The summed E-state index contributed by atoms with van der Waals surface area (Å²) in [5.41, 5.74) is -1.11. The van der Waals surface area contributed by atoms with E-state index in [1.54, 1.807) is 13.8 Å². The minimum atomic E-state index is -2.76. The molecule has 2 rings (SSSR count). The second-order valence-corrected chi connectivity index (χ2v) is 6.83. The molecule has 1 saturated carbocycles. The highest BCUT2D eigenvalue weighted by molar-refractivity contribution is 5.83. The highest BCUT2D eigenvalue weighted by atomic mass is 19.3. The average molecular weight is 398 g/mol. The molecule has 0 bridgehead atoms. The number of nitrogens with zero attached hydrogens (tertiary/aromatic N) is 1. The van der Waals surface area contributed by atoms with E-state index in [1.807, 2.05) is 0 Å². The van der Waals surface area contributed by atoms with E-state index in [9.17, 15) is 28.3 Å². The third-order valence-electron chi connectivity index (χ3n) is 4.63. The molecule has 0 unspecified atom stereocenters. The average Bonchev–Trinajstić information content (AvgIpc) is 3.05. The monoisotopic (exact) mass is 398 g/mol. The fraction of sp³-hybridized carbons (Fsp3) is 0.500. The molecule has 10 heteroatoms. The van der Waals surface area contributed by atoms with Crippen LogP contribution in [0.5, 0.6) is 5.88 Å². The highest BCUT2D eigenvalue weighted by Crippen LogP contribution is 2.59. The van der Waals surface area contributed by atoms with Gasteiger partial charge in [-0.1, -0.05) is 25.8 Å². The maximum Gasteiger partial charge on any atom is 0.330 e. The van der Waals surface area contributed by atoms with Crippen LogP contribution in [0, 0.1) is 29.6 Å². The van der Waals surface area contributed by atoms with Gasteiger partial charge in [-0.15, -0.1) is 6.42 Å². The maximum atomic E-state index is 12.4. The molecule has 0 spiro atoms. The van der Waals surface area contributed by atoms with Gasteiger partial charge in [0.05, 0.1) is 12.5 Å². The first-order valence-electron chi connectivity index (χ1n) is 8.33. The van der Waals surface area contributed by atoms with Crippen molar-refractivity contribution in [1.82, 2.24) is 9.55 Å². The SMILES string of the molecule is C#CCn1c(COC(=O)[C@@H]2[C@H](C=CC(=O)OCC(F)F)C2(C)C)c(O)[nH]c1=O. The third-order valence-corrected chi connectivity index (χ3v) is 4.63. The summed E-state index contributed by atoms with van der Waals surface area (Å²) in [5.74, 6) is -0.645. The molecule has 0 radical (unpaired) electrons. The topological polar surface area (TPSA) is 111 Å². The number of H-pyrrole nitrogens is 1. The molecule has 28 heavy (non-hydrogen) atoms. The molecule has 0 saturated heterocycles. The van der Waals surface area contributed by atoms with Gasteiger partial charge in [-0.05, 0) is 11.3 Å². The van der Waals surface area contributed by atoms with Gasteiger partial charge in [0, 0.05) is 6.08 Å². The van der Waals surface area contributed by atoms with Crippen molar-refractivity contribution in [2.45, 2.75) is 33.4 Å². The van der Waals surface area contributed by atoms with Crippen molar-refractivity contribution in [1.29, 1.82) is 0 Å². The van der Waals surface area contributed by atoms with Crippen molar-refractivity contribution in [2.24, 2.45) is 17.3 Å². The van der Waals surface area contributed by atoms with E-state index < -0.39 is 47.9 Å². The molecule has 0 amide bonds. The maximum absolute atomic E-state index is 12.4. The number of terminal acetylenes is 1. The van der Waals surface area contributed by atoms with Crippen LogP contribution in [0.15, 0.2) is 16.9 Å². The zero-order valence-electron chi connectivity index (χ0n) is 15.3. The van der Waals surface area contributed by atoms with E-state index in [4.69, 9.17) is 11.2 Å². The summed E-state index contributed by atoms with van der Waals surface area (Å²) in [6, 6.07) is 0. The Hall–Kier alpha value is -3.09. The normalized spacial score (nSPS) is 20.1. The summed E-state index contributed by atoms with van der Waals surface area (Å²) < 4.78 is 34.6. The van der Waals surface area contributed by atoms with Crippen LogP contribution in [-0.4, -0.2) is 39.6 Å². The van der Waals surface area contributed by atoms with Gasteiger partial charge in [0.25, 0.3) is 6.43 Å². The number of imidazole rings is 1. The third kappa shape index (κ3) is 4.60. The standard InChI is InChI=1S/C18H20F2N2O6/c1-4-7-22-11(15(24)21-17(22)26)8-28-16(25)14-10(18(14,2)3)5-6-13(23)27-9-12(19)20/h1,5-6,10,12,14,24H,7-9H2,2-3H3,(H,21,26)/t10-,14-/m0/s1. The van der Waals surface area contributed by atoms with Crippen molar-refractivity contribution in [2.75, 3.05) is 6.61 Å². The molecule has 1 fully saturated rings. The molecule has 0 aliphatic heterocycles. The van der Waals surface area contributed by atoms with Crippen molar-refractivity contribution in [3.63, 3.8) is 0 Å². The lowest BCUT2D eigenvalue weighted by atomic mass is 10.1. The number of hydrogen-bond donors (Lipinski definition) is 2. The molecule has 8 nitrogen and oxygen atoms in total. The van der Waals surface area contributed by atoms with Crippen LogP contribution in [0.25, 0.3) is 0 Å². The van der Waals surface area contributed by atoms with E-state index in [0.717, 1.165) is 10.6 Å². The smallest absolute Gasteiger partial charge is 0.330 e. The quantitative estimate of drug-likeness (QED) is 0.387. The number of ether oxygens (including phenoxy) is 2. The minimum Gasteiger partial charge on any atom is -0.493 e. The molecule has 1 aromatic heterocycles. The predicted octanol–water partition coefficient (Wildman–Crippen LogP) is 1.20. The van der Waals surface area contributed by atoms with Gasteiger partial charge in [-0.2, -0.15) is 0 Å². The summed E-state index contributed by atoms with van der Waals surface area (Å²) >= 11 is 0. The molecular formula is C18H20F2N2O6.